The molecule has 41 heavy (non-hydrogen) atoms. The van der Waals surface area contributed by atoms with Crippen LogP contribution < -0.4 is 24.4 Å². The van der Waals surface area contributed by atoms with Gasteiger partial charge in [0.15, 0.2) is 16.3 Å². The van der Waals surface area contributed by atoms with Crippen molar-refractivity contribution in [3.8, 4) is 11.5 Å². The van der Waals surface area contributed by atoms with Crippen LogP contribution in [0.15, 0.2) is 87.8 Å². The van der Waals surface area contributed by atoms with E-state index >= 15 is 0 Å². The van der Waals surface area contributed by atoms with Crippen molar-refractivity contribution in [2.24, 2.45) is 4.99 Å². The van der Waals surface area contributed by atoms with Gasteiger partial charge in [0.2, 0.25) is 0 Å². The molecule has 10 heteroatoms. The molecule has 0 saturated heterocycles. The summed E-state index contributed by atoms with van der Waals surface area (Å²) in [6.07, 6.45) is 1.76. The fourth-order valence-corrected chi connectivity index (χ4v) is 6.11. The molecule has 0 bridgehead atoms. The number of thiazole rings is 1. The van der Waals surface area contributed by atoms with Gasteiger partial charge in [0.25, 0.3) is 5.56 Å². The second-order valence-electron chi connectivity index (χ2n) is 9.15. The van der Waals surface area contributed by atoms with E-state index in [1.807, 2.05) is 30.3 Å². The Labute approximate surface area is 250 Å². The first kappa shape index (κ1) is 28.7. The molecule has 0 amide bonds. The summed E-state index contributed by atoms with van der Waals surface area (Å²) in [5.41, 5.74) is 2.73. The maximum absolute atomic E-state index is 13.9. The highest BCUT2D eigenvalue weighted by molar-refractivity contribution is 7.07. The summed E-state index contributed by atoms with van der Waals surface area (Å²) in [6, 6.07) is 19.2. The minimum absolute atomic E-state index is 0.190. The summed E-state index contributed by atoms with van der Waals surface area (Å²) in [7, 11) is 1.56. The van der Waals surface area contributed by atoms with E-state index in [9.17, 15) is 9.59 Å². The fraction of sp³-hybridized carbons (Fsp3) is 0.194. The second kappa shape index (κ2) is 12.3. The van der Waals surface area contributed by atoms with Crippen molar-refractivity contribution in [1.82, 2.24) is 4.57 Å². The van der Waals surface area contributed by atoms with Crippen LogP contribution in [-0.4, -0.2) is 24.3 Å². The lowest BCUT2D eigenvalue weighted by Crippen LogP contribution is -2.40. The first-order chi connectivity index (χ1) is 19.8. The molecule has 0 spiro atoms. The zero-order valence-electron chi connectivity index (χ0n) is 22.5. The van der Waals surface area contributed by atoms with Gasteiger partial charge in [0, 0.05) is 10.0 Å². The molecule has 210 valence electrons. The molecular weight excluding hydrogens is 583 g/mol. The molecule has 0 N–H and O–H groups in total. The average Bonchev–Trinajstić information content (AvgIpc) is 3.26. The highest BCUT2D eigenvalue weighted by atomic mass is 35.5. The third-order valence-electron chi connectivity index (χ3n) is 6.49. The van der Waals surface area contributed by atoms with E-state index in [0.717, 1.165) is 11.1 Å². The van der Waals surface area contributed by atoms with Gasteiger partial charge in [-0.25, -0.2) is 9.79 Å². The number of rotatable bonds is 8. The molecular formula is C31H26Cl2N2O5S. The maximum atomic E-state index is 13.9. The lowest BCUT2D eigenvalue weighted by Gasteiger charge is -2.25. The number of esters is 1. The van der Waals surface area contributed by atoms with Crippen LogP contribution in [0.2, 0.25) is 10.0 Å². The third kappa shape index (κ3) is 5.95. The van der Waals surface area contributed by atoms with Gasteiger partial charge in [-0.3, -0.25) is 9.36 Å². The van der Waals surface area contributed by atoms with E-state index in [-0.39, 0.29) is 17.7 Å². The van der Waals surface area contributed by atoms with Crippen molar-refractivity contribution in [1.29, 1.82) is 0 Å². The molecule has 5 rings (SSSR count). The fourth-order valence-electron chi connectivity index (χ4n) is 4.62. The molecule has 1 aliphatic rings. The van der Waals surface area contributed by atoms with Gasteiger partial charge in [-0.2, -0.15) is 0 Å². The van der Waals surface area contributed by atoms with E-state index in [1.165, 1.54) is 15.9 Å². The van der Waals surface area contributed by atoms with Gasteiger partial charge in [-0.05, 0) is 66.9 Å². The van der Waals surface area contributed by atoms with Crippen LogP contribution in [0.4, 0.5) is 0 Å². The van der Waals surface area contributed by atoms with Gasteiger partial charge in [0.1, 0.15) is 12.6 Å². The number of ether oxygens (including phenoxy) is 3. The molecule has 3 aromatic carbocycles. The van der Waals surface area contributed by atoms with Crippen molar-refractivity contribution in [2.45, 2.75) is 26.5 Å². The summed E-state index contributed by atoms with van der Waals surface area (Å²) in [6.45, 7) is 3.98. The van der Waals surface area contributed by atoms with Gasteiger partial charge in [0.05, 0.1) is 29.5 Å². The molecule has 0 fully saturated rings. The zero-order valence-corrected chi connectivity index (χ0v) is 24.8. The lowest BCUT2D eigenvalue weighted by molar-refractivity contribution is -0.139. The first-order valence-corrected chi connectivity index (χ1v) is 14.4. The summed E-state index contributed by atoms with van der Waals surface area (Å²) in [5.74, 6) is 0.536. The molecule has 7 nitrogen and oxygen atoms in total. The van der Waals surface area contributed by atoms with E-state index in [1.54, 1.807) is 63.4 Å². The van der Waals surface area contributed by atoms with Crippen molar-refractivity contribution in [2.75, 3.05) is 13.7 Å². The number of carbonyl (C=O) groups excluding carboxylic acids is 1. The molecule has 1 atom stereocenters. The lowest BCUT2D eigenvalue weighted by atomic mass is 9.96. The van der Waals surface area contributed by atoms with Crippen LogP contribution in [0.25, 0.3) is 6.08 Å². The van der Waals surface area contributed by atoms with Crippen LogP contribution in [0.5, 0.6) is 11.5 Å². The summed E-state index contributed by atoms with van der Waals surface area (Å²) in [4.78, 5) is 32.0. The Kier molecular flexibility index (Phi) is 8.63. The largest absolute Gasteiger partial charge is 0.493 e. The average molecular weight is 610 g/mol. The number of benzene rings is 3. The molecule has 1 aromatic heterocycles. The zero-order chi connectivity index (χ0) is 29.1. The maximum Gasteiger partial charge on any atom is 0.338 e. The van der Waals surface area contributed by atoms with E-state index in [4.69, 9.17) is 37.4 Å². The minimum atomic E-state index is -0.780. The smallest absolute Gasteiger partial charge is 0.338 e. The van der Waals surface area contributed by atoms with Gasteiger partial charge >= 0.3 is 5.97 Å². The summed E-state index contributed by atoms with van der Waals surface area (Å²) < 4.78 is 18.8. The third-order valence-corrected chi connectivity index (χ3v) is 8.05. The van der Waals surface area contributed by atoms with Crippen LogP contribution in [0.1, 0.15) is 36.6 Å². The highest BCUT2D eigenvalue weighted by Crippen LogP contribution is 2.34. The standard InChI is InChI=1S/C31H26Cl2N2O5S/c1-4-39-30(37)27-18(2)34-31-35(28(27)22-10-5-6-11-23(22)33)29(36)26(41-31)16-19-12-13-24(25(15-19)38-3)40-17-20-8-7-9-21(32)14-20/h5-16,28H,4,17H2,1-3H3/b26-16-/t28-/m1/s1. The second-order valence-corrected chi connectivity index (χ2v) is 11.0. The van der Waals surface area contributed by atoms with Gasteiger partial charge < -0.3 is 14.2 Å². The van der Waals surface area contributed by atoms with Crippen LogP contribution in [0.3, 0.4) is 0 Å². The summed E-state index contributed by atoms with van der Waals surface area (Å²) in [5, 5.41) is 1.07. The van der Waals surface area contributed by atoms with E-state index in [0.29, 0.717) is 48.7 Å². The molecule has 0 unspecified atom stereocenters. The van der Waals surface area contributed by atoms with Crippen molar-refractivity contribution < 1.29 is 19.0 Å². The number of hydrogen-bond donors (Lipinski definition) is 0. The summed E-state index contributed by atoms with van der Waals surface area (Å²) >= 11 is 13.9. The van der Waals surface area contributed by atoms with Crippen molar-refractivity contribution in [3.05, 3.63) is 124 Å². The molecule has 0 radical (unpaired) electrons. The van der Waals surface area contributed by atoms with E-state index in [2.05, 4.69) is 4.99 Å². The van der Waals surface area contributed by atoms with E-state index < -0.39 is 12.0 Å². The molecule has 4 aromatic rings. The number of allylic oxidation sites excluding steroid dienone is 1. The SMILES string of the molecule is CCOC(=O)C1=C(C)N=c2s/c(=C\c3ccc(OCc4cccc(Cl)c4)c(OC)c3)c(=O)n2[C@@H]1c1ccccc1Cl. The Hall–Kier alpha value is -3.85. The molecule has 2 heterocycles. The van der Waals surface area contributed by atoms with Crippen LogP contribution in [-0.2, 0) is 16.1 Å². The van der Waals surface area contributed by atoms with Crippen LogP contribution >= 0.6 is 34.5 Å². The van der Waals surface area contributed by atoms with Crippen molar-refractivity contribution >= 4 is 46.6 Å². The van der Waals surface area contributed by atoms with Crippen LogP contribution in [0, 0.1) is 0 Å². The first-order valence-electron chi connectivity index (χ1n) is 12.8. The Morgan fingerprint density at radius 3 is 2.61 bits per heavy atom. The quantitative estimate of drug-likeness (QED) is 0.240. The Morgan fingerprint density at radius 2 is 1.88 bits per heavy atom. The number of hydrogen-bond acceptors (Lipinski definition) is 7. The minimum Gasteiger partial charge on any atom is -0.493 e. The highest BCUT2D eigenvalue weighted by Gasteiger charge is 2.34. The van der Waals surface area contributed by atoms with Crippen molar-refractivity contribution in [3.63, 3.8) is 0 Å². The number of nitrogens with zero attached hydrogens (tertiary/aromatic N) is 2. The molecule has 0 saturated carbocycles. The topological polar surface area (TPSA) is 79.1 Å². The number of fused-ring (bicyclic) bond motifs is 1. The van der Waals surface area contributed by atoms with Gasteiger partial charge in [-0.15, -0.1) is 0 Å². The normalized spacial score (nSPS) is 14.9. The number of carbonyl (C=O) groups is 1. The number of aromatic nitrogens is 1. The predicted octanol–water partition coefficient (Wildman–Crippen LogP) is 5.69. The Bertz CT molecular complexity index is 1840. The molecule has 1 aliphatic heterocycles. The number of methoxy groups -OCH3 is 1. The Balaban J connectivity index is 1.55. The molecule has 0 aliphatic carbocycles. The van der Waals surface area contributed by atoms with Gasteiger partial charge in [-0.1, -0.05) is 70.9 Å². The Morgan fingerprint density at radius 1 is 1.07 bits per heavy atom. The predicted molar refractivity (Wildman–Crippen MR) is 161 cm³/mol. The number of halogens is 2. The monoisotopic (exact) mass is 608 g/mol.